The second-order valence-electron chi connectivity index (χ2n) is 4.33. The molecular formula is C16H12N2O. The van der Waals surface area contributed by atoms with Crippen molar-refractivity contribution in [2.45, 2.75) is 6.92 Å². The van der Waals surface area contributed by atoms with E-state index in [1.165, 1.54) is 0 Å². The Bertz CT molecular complexity index is 751. The largest absolute Gasteiger partial charge is 0.287 e. The van der Waals surface area contributed by atoms with Crippen LogP contribution in [0.3, 0.4) is 0 Å². The number of hydrogen-bond donors (Lipinski definition) is 0. The molecule has 0 fully saturated rings. The van der Waals surface area contributed by atoms with Crippen molar-refractivity contribution in [1.82, 2.24) is 9.97 Å². The van der Waals surface area contributed by atoms with Gasteiger partial charge in [-0.25, -0.2) is 9.97 Å². The number of carbonyl (C=O) groups excluding carboxylic acids is 1. The van der Waals surface area contributed by atoms with Gasteiger partial charge < -0.3 is 0 Å². The molecule has 3 heteroatoms. The number of fused-ring (bicyclic) bond motifs is 1. The minimum Gasteiger partial charge on any atom is -0.287 e. The summed E-state index contributed by atoms with van der Waals surface area (Å²) in [5, 5.41) is 0.793. The number of aromatic nitrogens is 2. The third-order valence-electron chi connectivity index (χ3n) is 2.97. The molecule has 2 aromatic carbocycles. The summed E-state index contributed by atoms with van der Waals surface area (Å²) in [6, 6.07) is 16.8. The van der Waals surface area contributed by atoms with Crippen molar-refractivity contribution in [1.29, 1.82) is 0 Å². The Hall–Kier alpha value is -2.55. The van der Waals surface area contributed by atoms with Crippen molar-refractivity contribution in [3.05, 3.63) is 71.7 Å². The molecule has 3 aromatic rings. The van der Waals surface area contributed by atoms with Crippen molar-refractivity contribution in [3.8, 4) is 0 Å². The molecule has 3 nitrogen and oxygen atoms in total. The Morgan fingerprint density at radius 2 is 1.58 bits per heavy atom. The lowest BCUT2D eigenvalue weighted by Gasteiger charge is -2.06. The van der Waals surface area contributed by atoms with Crippen LogP contribution >= 0.6 is 0 Å². The molecule has 0 amide bonds. The number of aryl methyl sites for hydroxylation is 1. The number of carbonyl (C=O) groups is 1. The summed E-state index contributed by atoms with van der Waals surface area (Å²) in [5.74, 6) is 0.542. The second kappa shape index (κ2) is 4.61. The van der Waals surface area contributed by atoms with Crippen molar-refractivity contribution in [2.75, 3.05) is 0 Å². The van der Waals surface area contributed by atoms with Crippen LogP contribution in [0.25, 0.3) is 10.9 Å². The molecule has 0 saturated heterocycles. The Morgan fingerprint density at radius 1 is 0.895 bits per heavy atom. The number of nitrogens with zero attached hydrogens (tertiary/aromatic N) is 2. The minimum absolute atomic E-state index is 0.0673. The van der Waals surface area contributed by atoms with Crippen molar-refractivity contribution in [2.24, 2.45) is 0 Å². The zero-order valence-corrected chi connectivity index (χ0v) is 10.5. The topological polar surface area (TPSA) is 42.9 Å². The van der Waals surface area contributed by atoms with Gasteiger partial charge in [0.15, 0.2) is 0 Å². The van der Waals surface area contributed by atoms with E-state index >= 15 is 0 Å². The normalized spacial score (nSPS) is 10.6. The van der Waals surface area contributed by atoms with Gasteiger partial charge in [0.05, 0.1) is 5.52 Å². The van der Waals surface area contributed by atoms with Crippen LogP contribution in [-0.2, 0) is 0 Å². The zero-order chi connectivity index (χ0) is 13.2. The number of hydrogen-bond acceptors (Lipinski definition) is 3. The van der Waals surface area contributed by atoms with Crippen molar-refractivity contribution >= 4 is 16.7 Å². The standard InChI is InChI=1S/C16H12N2O/c1-11-17-14-10-6-5-9-13(14)15(18-11)16(19)12-7-3-2-4-8-12/h2-10H,1H3. The van der Waals surface area contributed by atoms with Crippen molar-refractivity contribution < 1.29 is 4.79 Å². The Kier molecular flexibility index (Phi) is 2.80. The van der Waals surface area contributed by atoms with E-state index in [0.717, 1.165) is 10.9 Å². The summed E-state index contributed by atoms with van der Waals surface area (Å²) in [7, 11) is 0. The van der Waals surface area contributed by atoms with E-state index < -0.39 is 0 Å². The van der Waals surface area contributed by atoms with Crippen LogP contribution in [0.1, 0.15) is 21.9 Å². The van der Waals surface area contributed by atoms with Gasteiger partial charge in [-0.15, -0.1) is 0 Å². The van der Waals surface area contributed by atoms with Gasteiger partial charge in [0.25, 0.3) is 0 Å². The minimum atomic E-state index is -0.0673. The summed E-state index contributed by atoms with van der Waals surface area (Å²) in [5.41, 5.74) is 1.91. The lowest BCUT2D eigenvalue weighted by atomic mass is 10.0. The van der Waals surface area contributed by atoms with Gasteiger partial charge in [-0.3, -0.25) is 4.79 Å². The first-order valence-corrected chi connectivity index (χ1v) is 6.09. The maximum absolute atomic E-state index is 12.5. The summed E-state index contributed by atoms with van der Waals surface area (Å²) in [6.45, 7) is 1.80. The molecule has 0 atom stereocenters. The Labute approximate surface area is 111 Å². The molecule has 0 unspecified atom stereocenters. The Balaban J connectivity index is 2.23. The third kappa shape index (κ3) is 2.10. The van der Waals surface area contributed by atoms with Crippen LogP contribution in [0, 0.1) is 6.92 Å². The quantitative estimate of drug-likeness (QED) is 0.654. The number of benzene rings is 2. The molecule has 0 radical (unpaired) electrons. The van der Waals surface area contributed by atoms with E-state index in [-0.39, 0.29) is 5.78 Å². The predicted octanol–water partition coefficient (Wildman–Crippen LogP) is 3.17. The van der Waals surface area contributed by atoms with Gasteiger partial charge in [0.2, 0.25) is 5.78 Å². The van der Waals surface area contributed by atoms with Crippen LogP contribution in [0.4, 0.5) is 0 Å². The number of rotatable bonds is 2. The molecule has 1 aromatic heterocycles. The summed E-state index contributed by atoms with van der Waals surface area (Å²) < 4.78 is 0. The summed E-state index contributed by atoms with van der Waals surface area (Å²) >= 11 is 0. The molecule has 19 heavy (non-hydrogen) atoms. The predicted molar refractivity (Wildman–Crippen MR) is 74.1 cm³/mol. The first-order chi connectivity index (χ1) is 9.25. The molecule has 3 rings (SSSR count). The van der Waals surface area contributed by atoms with E-state index in [9.17, 15) is 4.79 Å². The summed E-state index contributed by atoms with van der Waals surface area (Å²) in [6.07, 6.45) is 0. The van der Waals surface area contributed by atoms with Gasteiger partial charge in [-0.2, -0.15) is 0 Å². The molecule has 0 bridgehead atoms. The molecule has 0 N–H and O–H groups in total. The molecule has 92 valence electrons. The molecule has 0 aliphatic rings. The fraction of sp³-hybridized carbons (Fsp3) is 0.0625. The lowest BCUT2D eigenvalue weighted by molar-refractivity contribution is 0.103. The van der Waals surface area contributed by atoms with E-state index in [2.05, 4.69) is 9.97 Å². The highest BCUT2D eigenvalue weighted by molar-refractivity contribution is 6.14. The van der Waals surface area contributed by atoms with Crippen LogP contribution < -0.4 is 0 Å². The lowest BCUT2D eigenvalue weighted by Crippen LogP contribution is -2.07. The molecular weight excluding hydrogens is 236 g/mol. The molecule has 0 saturated carbocycles. The zero-order valence-electron chi connectivity index (χ0n) is 10.5. The fourth-order valence-electron chi connectivity index (χ4n) is 2.09. The van der Waals surface area contributed by atoms with E-state index in [1.807, 2.05) is 42.5 Å². The van der Waals surface area contributed by atoms with Crippen LogP contribution in [-0.4, -0.2) is 15.8 Å². The van der Waals surface area contributed by atoms with Gasteiger partial charge >= 0.3 is 0 Å². The molecule has 0 spiro atoms. The average molecular weight is 248 g/mol. The van der Waals surface area contributed by atoms with Gasteiger partial charge in [-0.05, 0) is 13.0 Å². The molecule has 0 aliphatic carbocycles. The van der Waals surface area contributed by atoms with Gasteiger partial charge in [-0.1, -0.05) is 48.5 Å². The maximum atomic E-state index is 12.5. The maximum Gasteiger partial charge on any atom is 0.212 e. The number of para-hydroxylation sites is 1. The smallest absolute Gasteiger partial charge is 0.212 e. The molecule has 0 aliphatic heterocycles. The SMILES string of the molecule is Cc1nc(C(=O)c2ccccc2)c2ccccc2n1. The molecule has 1 heterocycles. The summed E-state index contributed by atoms with van der Waals surface area (Å²) in [4.78, 5) is 21.2. The first kappa shape index (κ1) is 11.5. The average Bonchev–Trinajstić information content (AvgIpc) is 2.46. The highest BCUT2D eigenvalue weighted by atomic mass is 16.1. The van der Waals surface area contributed by atoms with E-state index in [0.29, 0.717) is 17.1 Å². The van der Waals surface area contributed by atoms with Crippen LogP contribution in [0.2, 0.25) is 0 Å². The highest BCUT2D eigenvalue weighted by Gasteiger charge is 2.15. The van der Waals surface area contributed by atoms with Crippen molar-refractivity contribution in [3.63, 3.8) is 0 Å². The van der Waals surface area contributed by atoms with Gasteiger partial charge in [0.1, 0.15) is 11.5 Å². The van der Waals surface area contributed by atoms with Crippen LogP contribution in [0.5, 0.6) is 0 Å². The third-order valence-corrected chi connectivity index (χ3v) is 2.97. The van der Waals surface area contributed by atoms with E-state index in [4.69, 9.17) is 0 Å². The first-order valence-electron chi connectivity index (χ1n) is 6.09. The van der Waals surface area contributed by atoms with E-state index in [1.54, 1.807) is 19.1 Å². The monoisotopic (exact) mass is 248 g/mol. The Morgan fingerprint density at radius 3 is 2.37 bits per heavy atom. The van der Waals surface area contributed by atoms with Crippen LogP contribution in [0.15, 0.2) is 54.6 Å². The second-order valence-corrected chi connectivity index (χ2v) is 4.33. The highest BCUT2D eigenvalue weighted by Crippen LogP contribution is 2.18. The van der Waals surface area contributed by atoms with Gasteiger partial charge in [0, 0.05) is 10.9 Å². The fourth-order valence-corrected chi connectivity index (χ4v) is 2.09. The number of ketones is 1.